The number of piperidine rings is 1. The van der Waals surface area contributed by atoms with Gasteiger partial charge in [-0.1, -0.05) is 36.4 Å². The molecule has 37 heavy (non-hydrogen) atoms. The van der Waals surface area contributed by atoms with Gasteiger partial charge in [-0.3, -0.25) is 9.78 Å². The number of likely N-dealkylation sites (tertiary alicyclic amines) is 1. The minimum atomic E-state index is 0.0936. The van der Waals surface area contributed by atoms with Crippen LogP contribution in [0.3, 0.4) is 0 Å². The van der Waals surface area contributed by atoms with Crippen LogP contribution in [-0.4, -0.2) is 45.5 Å². The number of methoxy groups -OCH3 is 1. The van der Waals surface area contributed by atoms with Crippen molar-refractivity contribution in [2.75, 3.05) is 20.2 Å². The maximum atomic E-state index is 13.3. The van der Waals surface area contributed by atoms with Crippen molar-refractivity contribution in [2.24, 2.45) is 0 Å². The summed E-state index contributed by atoms with van der Waals surface area (Å²) < 4.78 is 7.99. The molecular formula is C31H30N4O2. The number of imidazole rings is 1. The van der Waals surface area contributed by atoms with Gasteiger partial charge in [-0.15, -0.1) is 0 Å². The SMILES string of the molecule is COc1ccccc1CCc1nc2ccccc2n1C1CCN(C(=O)c2ccc3ncccc3c2)CC1. The van der Waals surface area contributed by atoms with E-state index in [1.54, 1.807) is 13.3 Å². The summed E-state index contributed by atoms with van der Waals surface area (Å²) in [5.74, 6) is 2.11. The van der Waals surface area contributed by atoms with Crippen LogP contribution in [0, 0.1) is 0 Å². The summed E-state index contributed by atoms with van der Waals surface area (Å²) in [6.07, 6.45) is 5.28. The molecule has 1 saturated heterocycles. The number of pyridine rings is 1. The van der Waals surface area contributed by atoms with Gasteiger partial charge >= 0.3 is 0 Å². The highest BCUT2D eigenvalue weighted by Crippen LogP contribution is 2.31. The molecule has 1 fully saturated rings. The van der Waals surface area contributed by atoms with Crippen LogP contribution in [0.1, 0.15) is 40.6 Å². The maximum absolute atomic E-state index is 13.3. The van der Waals surface area contributed by atoms with Crippen molar-refractivity contribution in [3.05, 3.63) is 102 Å². The molecule has 1 amide bonds. The van der Waals surface area contributed by atoms with Crippen molar-refractivity contribution < 1.29 is 9.53 Å². The van der Waals surface area contributed by atoms with Gasteiger partial charge in [-0.25, -0.2) is 4.98 Å². The third kappa shape index (κ3) is 4.55. The van der Waals surface area contributed by atoms with E-state index >= 15 is 0 Å². The standard InChI is InChI=1S/C31H30N4O2/c1-37-29-11-5-2-7-22(29)13-15-30-33-27-9-3-4-10-28(27)35(30)25-16-19-34(20-17-25)31(36)24-12-14-26-23(21-24)8-6-18-32-26/h2-12,14,18,21,25H,13,15-17,19-20H2,1H3. The van der Waals surface area contributed by atoms with Gasteiger partial charge in [0.15, 0.2) is 0 Å². The molecule has 2 aromatic heterocycles. The summed E-state index contributed by atoms with van der Waals surface area (Å²) in [4.78, 5) is 24.7. The zero-order valence-electron chi connectivity index (χ0n) is 21.0. The number of aryl methyl sites for hydroxylation is 2. The second-order valence-corrected chi connectivity index (χ2v) is 9.63. The number of benzene rings is 3. The van der Waals surface area contributed by atoms with Crippen LogP contribution in [0.2, 0.25) is 0 Å². The molecule has 3 aromatic carbocycles. The van der Waals surface area contributed by atoms with Crippen LogP contribution >= 0.6 is 0 Å². The van der Waals surface area contributed by atoms with E-state index in [1.165, 1.54) is 11.1 Å². The number of carbonyl (C=O) groups excluding carboxylic acids is 1. The summed E-state index contributed by atoms with van der Waals surface area (Å²) in [7, 11) is 1.72. The highest BCUT2D eigenvalue weighted by atomic mass is 16.5. The minimum Gasteiger partial charge on any atom is -0.496 e. The van der Waals surface area contributed by atoms with Gasteiger partial charge in [0.1, 0.15) is 11.6 Å². The first-order valence-corrected chi connectivity index (χ1v) is 12.9. The molecule has 186 valence electrons. The lowest BCUT2D eigenvalue weighted by atomic mass is 10.0. The molecule has 1 aliphatic heterocycles. The van der Waals surface area contributed by atoms with Gasteiger partial charge in [-0.05, 0) is 67.3 Å². The number of rotatable bonds is 6. The fourth-order valence-corrected chi connectivity index (χ4v) is 5.55. The van der Waals surface area contributed by atoms with E-state index in [-0.39, 0.29) is 5.91 Å². The number of fused-ring (bicyclic) bond motifs is 2. The Labute approximate surface area is 216 Å². The average molecular weight is 491 g/mol. The molecule has 0 bridgehead atoms. The first kappa shape index (κ1) is 23.2. The first-order valence-electron chi connectivity index (χ1n) is 12.9. The van der Waals surface area contributed by atoms with Crippen LogP contribution in [-0.2, 0) is 12.8 Å². The molecule has 0 aliphatic carbocycles. The molecular weight excluding hydrogens is 460 g/mol. The van der Waals surface area contributed by atoms with E-state index in [1.807, 2.05) is 53.4 Å². The average Bonchev–Trinajstić information content (AvgIpc) is 3.34. The van der Waals surface area contributed by atoms with Crippen LogP contribution in [0.5, 0.6) is 5.75 Å². The summed E-state index contributed by atoms with van der Waals surface area (Å²) >= 11 is 0. The second-order valence-electron chi connectivity index (χ2n) is 9.63. The number of para-hydroxylation sites is 3. The third-order valence-corrected chi connectivity index (χ3v) is 7.45. The number of hydrogen-bond donors (Lipinski definition) is 0. The zero-order chi connectivity index (χ0) is 25.2. The Bertz CT molecular complexity index is 1570. The Morgan fingerprint density at radius 3 is 2.59 bits per heavy atom. The van der Waals surface area contributed by atoms with E-state index in [2.05, 4.69) is 39.9 Å². The maximum Gasteiger partial charge on any atom is 0.253 e. The lowest BCUT2D eigenvalue weighted by molar-refractivity contribution is 0.0695. The third-order valence-electron chi connectivity index (χ3n) is 7.45. The van der Waals surface area contributed by atoms with Gasteiger partial charge in [0, 0.05) is 42.7 Å². The lowest BCUT2D eigenvalue weighted by Gasteiger charge is -2.34. The Morgan fingerprint density at radius 2 is 1.73 bits per heavy atom. The Balaban J connectivity index is 1.21. The van der Waals surface area contributed by atoms with Crippen LogP contribution in [0.4, 0.5) is 0 Å². The van der Waals surface area contributed by atoms with E-state index in [9.17, 15) is 4.79 Å². The van der Waals surface area contributed by atoms with Crippen molar-refractivity contribution in [1.82, 2.24) is 19.4 Å². The van der Waals surface area contributed by atoms with Gasteiger partial charge in [0.2, 0.25) is 0 Å². The normalized spacial score (nSPS) is 14.4. The quantitative estimate of drug-likeness (QED) is 0.299. The lowest BCUT2D eigenvalue weighted by Crippen LogP contribution is -2.39. The molecule has 0 atom stereocenters. The molecule has 0 N–H and O–H groups in total. The number of aromatic nitrogens is 3. The Kier molecular flexibility index (Phi) is 6.31. The first-order chi connectivity index (χ1) is 18.2. The molecule has 3 heterocycles. The number of ether oxygens (including phenoxy) is 1. The van der Waals surface area contributed by atoms with E-state index in [0.717, 1.165) is 72.3 Å². The van der Waals surface area contributed by atoms with Crippen molar-refractivity contribution in [2.45, 2.75) is 31.7 Å². The predicted octanol–water partition coefficient (Wildman–Crippen LogP) is 5.86. The van der Waals surface area contributed by atoms with Crippen molar-refractivity contribution in [1.29, 1.82) is 0 Å². The monoisotopic (exact) mass is 490 g/mol. The molecule has 0 radical (unpaired) electrons. The summed E-state index contributed by atoms with van der Waals surface area (Å²) in [6.45, 7) is 1.46. The fourth-order valence-electron chi connectivity index (χ4n) is 5.55. The molecule has 6 heteroatoms. The van der Waals surface area contributed by atoms with Gasteiger partial charge in [0.25, 0.3) is 5.91 Å². The highest BCUT2D eigenvalue weighted by molar-refractivity contribution is 5.98. The molecule has 0 spiro atoms. The zero-order valence-corrected chi connectivity index (χ0v) is 21.0. The number of hydrogen-bond acceptors (Lipinski definition) is 4. The predicted molar refractivity (Wildman–Crippen MR) is 146 cm³/mol. The number of amides is 1. The largest absolute Gasteiger partial charge is 0.496 e. The topological polar surface area (TPSA) is 60.2 Å². The molecule has 6 nitrogen and oxygen atoms in total. The van der Waals surface area contributed by atoms with Gasteiger partial charge in [-0.2, -0.15) is 0 Å². The minimum absolute atomic E-state index is 0.0936. The second kappa shape index (κ2) is 10.1. The highest BCUT2D eigenvalue weighted by Gasteiger charge is 2.27. The van der Waals surface area contributed by atoms with Crippen LogP contribution < -0.4 is 4.74 Å². The summed E-state index contributed by atoms with van der Waals surface area (Å²) in [5, 5.41) is 0.993. The molecule has 0 unspecified atom stereocenters. The summed E-state index contributed by atoms with van der Waals surface area (Å²) in [6, 6.07) is 26.6. The van der Waals surface area contributed by atoms with Gasteiger partial charge < -0.3 is 14.2 Å². The molecule has 6 rings (SSSR count). The molecule has 1 aliphatic rings. The van der Waals surface area contributed by atoms with Crippen molar-refractivity contribution in [3.63, 3.8) is 0 Å². The molecule has 0 saturated carbocycles. The Hall–Kier alpha value is -4.19. The van der Waals surface area contributed by atoms with Crippen molar-refractivity contribution >= 4 is 27.8 Å². The number of nitrogens with zero attached hydrogens (tertiary/aromatic N) is 4. The smallest absolute Gasteiger partial charge is 0.253 e. The van der Waals surface area contributed by atoms with E-state index in [4.69, 9.17) is 9.72 Å². The Morgan fingerprint density at radius 1 is 0.919 bits per heavy atom. The molecule has 5 aromatic rings. The number of carbonyl (C=O) groups is 1. The van der Waals surface area contributed by atoms with Crippen LogP contribution in [0.25, 0.3) is 21.9 Å². The fraction of sp³-hybridized carbons (Fsp3) is 0.258. The van der Waals surface area contributed by atoms with Gasteiger partial charge in [0.05, 0.1) is 23.7 Å². The van der Waals surface area contributed by atoms with E-state index < -0.39 is 0 Å². The summed E-state index contributed by atoms with van der Waals surface area (Å²) in [5.41, 5.74) is 5.02. The van der Waals surface area contributed by atoms with E-state index in [0.29, 0.717) is 6.04 Å². The van der Waals surface area contributed by atoms with Crippen LogP contribution in [0.15, 0.2) is 85.1 Å². The van der Waals surface area contributed by atoms with Crippen molar-refractivity contribution in [3.8, 4) is 5.75 Å².